The van der Waals surface area contributed by atoms with Gasteiger partial charge in [0.2, 0.25) is 0 Å². The van der Waals surface area contributed by atoms with Crippen LogP contribution < -0.4 is 0 Å². The molecule has 3 aromatic rings. The van der Waals surface area contributed by atoms with E-state index < -0.39 is 0 Å². The zero-order chi connectivity index (χ0) is 20.9. The molecule has 3 aromatic carbocycles. The molecular weight excluding hydrogens is 367 g/mol. The van der Waals surface area contributed by atoms with E-state index in [4.69, 9.17) is 0 Å². The first-order valence-corrected chi connectivity index (χ1v) is 11.6. The van der Waals surface area contributed by atoms with E-state index in [2.05, 4.69) is 37.3 Å². The number of hydrogen-bond acceptors (Lipinski definition) is 0. The van der Waals surface area contributed by atoms with E-state index in [1.165, 1.54) is 56.1 Å². The van der Waals surface area contributed by atoms with Crippen LogP contribution >= 0.6 is 0 Å². The molecule has 0 spiro atoms. The smallest absolute Gasteiger partial charge is 0.138 e. The summed E-state index contributed by atoms with van der Waals surface area (Å²) in [7, 11) is 0. The number of aryl methyl sites for hydroxylation is 1. The number of benzene rings is 3. The van der Waals surface area contributed by atoms with Crippen LogP contribution in [0.2, 0.25) is 0 Å². The van der Waals surface area contributed by atoms with Crippen molar-refractivity contribution in [2.24, 2.45) is 11.8 Å². The first kappa shape index (κ1) is 20.8. The molecule has 0 N–H and O–H groups in total. The van der Waals surface area contributed by atoms with Crippen LogP contribution in [0.25, 0.3) is 28.0 Å². The van der Waals surface area contributed by atoms with Gasteiger partial charge in [0, 0.05) is 10.9 Å². The van der Waals surface area contributed by atoms with Crippen molar-refractivity contribution in [3.8, 4) is 11.1 Å². The average molecular weight is 401 g/mol. The molecule has 1 saturated carbocycles. The summed E-state index contributed by atoms with van der Waals surface area (Å²) in [6.45, 7) is 4.24. The molecule has 1 fully saturated rings. The van der Waals surface area contributed by atoms with Crippen molar-refractivity contribution in [1.82, 2.24) is 0 Å². The summed E-state index contributed by atoms with van der Waals surface area (Å²) in [6, 6.07) is 18.9. The number of fused-ring (bicyclic) bond motifs is 1. The van der Waals surface area contributed by atoms with Gasteiger partial charge < -0.3 is 0 Å². The average Bonchev–Trinajstić information content (AvgIpc) is 2.80. The Balaban J connectivity index is 1.43. The standard InChI is InChI=1S/C29H33F/c1-3-5-25-16-17-27-20-26(18-19-28(27)29(25)30)24-14-12-23(13-15-24)11-10-22-8-6-21(4-2)7-9-22/h3,5,12-22H,4,6-11H2,1-2H3/b5-3+. The number of halogens is 1. The highest BCUT2D eigenvalue weighted by molar-refractivity contribution is 5.89. The van der Waals surface area contributed by atoms with Gasteiger partial charge in [0.15, 0.2) is 0 Å². The van der Waals surface area contributed by atoms with Gasteiger partial charge in [-0.3, -0.25) is 0 Å². The molecular formula is C29H33F. The summed E-state index contributed by atoms with van der Waals surface area (Å²) < 4.78 is 14.7. The van der Waals surface area contributed by atoms with E-state index in [9.17, 15) is 4.39 Å². The molecule has 0 bridgehead atoms. The number of allylic oxidation sites excluding steroid dienone is 1. The van der Waals surface area contributed by atoms with Crippen molar-refractivity contribution in [2.75, 3.05) is 0 Å². The first-order chi connectivity index (χ1) is 14.7. The zero-order valence-corrected chi connectivity index (χ0v) is 18.3. The number of rotatable bonds is 6. The largest absolute Gasteiger partial charge is 0.206 e. The molecule has 0 atom stereocenters. The third-order valence-electron chi connectivity index (χ3n) is 7.00. The van der Waals surface area contributed by atoms with Gasteiger partial charge >= 0.3 is 0 Å². The molecule has 1 heteroatoms. The van der Waals surface area contributed by atoms with Crippen molar-refractivity contribution in [3.63, 3.8) is 0 Å². The highest BCUT2D eigenvalue weighted by Gasteiger charge is 2.19. The molecule has 4 rings (SSSR count). The maximum atomic E-state index is 14.7. The highest BCUT2D eigenvalue weighted by atomic mass is 19.1. The lowest BCUT2D eigenvalue weighted by molar-refractivity contribution is 0.259. The minimum atomic E-state index is -0.138. The van der Waals surface area contributed by atoms with Crippen LogP contribution in [0.1, 0.15) is 63.5 Å². The van der Waals surface area contributed by atoms with Gasteiger partial charge in [-0.2, -0.15) is 0 Å². The fourth-order valence-electron chi connectivity index (χ4n) is 4.96. The lowest BCUT2D eigenvalue weighted by Gasteiger charge is -2.27. The summed E-state index contributed by atoms with van der Waals surface area (Å²) in [4.78, 5) is 0. The first-order valence-electron chi connectivity index (χ1n) is 11.6. The second-order valence-corrected chi connectivity index (χ2v) is 8.94. The molecule has 0 heterocycles. The number of hydrogen-bond donors (Lipinski definition) is 0. The summed E-state index contributed by atoms with van der Waals surface area (Å²) in [5, 5.41) is 1.63. The van der Waals surface area contributed by atoms with Crippen molar-refractivity contribution >= 4 is 16.8 Å². The molecule has 0 aromatic heterocycles. The van der Waals surface area contributed by atoms with Crippen molar-refractivity contribution in [1.29, 1.82) is 0 Å². The van der Waals surface area contributed by atoms with E-state index in [0.29, 0.717) is 10.9 Å². The van der Waals surface area contributed by atoms with Gasteiger partial charge in [-0.05, 0) is 59.7 Å². The molecule has 30 heavy (non-hydrogen) atoms. The fraction of sp³-hybridized carbons (Fsp3) is 0.379. The van der Waals surface area contributed by atoms with Gasteiger partial charge in [-0.25, -0.2) is 4.39 Å². The lowest BCUT2D eigenvalue weighted by Crippen LogP contribution is -2.14. The van der Waals surface area contributed by atoms with E-state index in [-0.39, 0.29) is 5.82 Å². The Hall–Kier alpha value is -2.41. The maximum Gasteiger partial charge on any atom is 0.138 e. The summed E-state index contributed by atoms with van der Waals surface area (Å²) in [5.74, 6) is 1.75. The van der Waals surface area contributed by atoms with E-state index >= 15 is 0 Å². The Bertz CT molecular complexity index is 1000. The third kappa shape index (κ3) is 4.67. The Morgan fingerprint density at radius 2 is 1.57 bits per heavy atom. The van der Waals surface area contributed by atoms with Crippen LogP contribution in [0.15, 0.2) is 60.7 Å². The Morgan fingerprint density at radius 1 is 0.867 bits per heavy atom. The van der Waals surface area contributed by atoms with Crippen molar-refractivity contribution in [3.05, 3.63) is 77.6 Å². The Labute approximate surface area is 180 Å². The highest BCUT2D eigenvalue weighted by Crippen LogP contribution is 2.33. The molecule has 0 unspecified atom stereocenters. The van der Waals surface area contributed by atoms with E-state index in [0.717, 1.165) is 22.8 Å². The predicted molar refractivity (Wildman–Crippen MR) is 128 cm³/mol. The topological polar surface area (TPSA) is 0 Å². The predicted octanol–water partition coefficient (Wildman–Crippen LogP) is 8.83. The molecule has 0 nitrogen and oxygen atoms in total. The second kappa shape index (κ2) is 9.60. The lowest BCUT2D eigenvalue weighted by atomic mass is 9.78. The van der Waals surface area contributed by atoms with Crippen LogP contribution in [0.3, 0.4) is 0 Å². The van der Waals surface area contributed by atoms with Crippen molar-refractivity contribution in [2.45, 2.75) is 58.8 Å². The monoisotopic (exact) mass is 400 g/mol. The van der Waals surface area contributed by atoms with Gasteiger partial charge in [0.1, 0.15) is 5.82 Å². The summed E-state index contributed by atoms with van der Waals surface area (Å²) in [6.07, 6.45) is 13.2. The second-order valence-electron chi connectivity index (χ2n) is 8.94. The fourth-order valence-corrected chi connectivity index (χ4v) is 4.96. The Morgan fingerprint density at radius 3 is 2.27 bits per heavy atom. The molecule has 1 aliphatic rings. The molecule has 1 aliphatic carbocycles. The van der Waals surface area contributed by atoms with Gasteiger partial charge in [0.25, 0.3) is 0 Å². The summed E-state index contributed by atoms with van der Waals surface area (Å²) >= 11 is 0. The normalized spacial score (nSPS) is 19.6. The maximum absolute atomic E-state index is 14.7. The Kier molecular flexibility index (Phi) is 6.67. The van der Waals surface area contributed by atoms with Crippen LogP contribution in [0.4, 0.5) is 4.39 Å². The minimum Gasteiger partial charge on any atom is -0.206 e. The molecule has 0 amide bonds. The minimum absolute atomic E-state index is 0.138. The van der Waals surface area contributed by atoms with Crippen LogP contribution in [-0.2, 0) is 6.42 Å². The molecule has 156 valence electrons. The van der Waals surface area contributed by atoms with Crippen LogP contribution in [-0.4, -0.2) is 0 Å². The van der Waals surface area contributed by atoms with Gasteiger partial charge in [0.05, 0.1) is 0 Å². The quantitative estimate of drug-likeness (QED) is 0.388. The van der Waals surface area contributed by atoms with E-state index in [1.807, 2.05) is 43.3 Å². The molecule has 0 saturated heterocycles. The SMILES string of the molecule is C/C=C/c1ccc2cc(-c3ccc(CCC4CCC(CC)CC4)cc3)ccc2c1F. The van der Waals surface area contributed by atoms with Crippen LogP contribution in [0, 0.1) is 17.7 Å². The van der Waals surface area contributed by atoms with Crippen LogP contribution in [0.5, 0.6) is 0 Å². The van der Waals surface area contributed by atoms with Crippen molar-refractivity contribution < 1.29 is 4.39 Å². The molecule has 0 radical (unpaired) electrons. The summed E-state index contributed by atoms with van der Waals surface area (Å²) in [5.41, 5.74) is 4.41. The van der Waals surface area contributed by atoms with Gasteiger partial charge in [-0.1, -0.05) is 99.7 Å². The third-order valence-corrected chi connectivity index (χ3v) is 7.00. The van der Waals surface area contributed by atoms with Gasteiger partial charge in [-0.15, -0.1) is 0 Å². The zero-order valence-electron chi connectivity index (χ0n) is 18.3. The molecule has 0 aliphatic heterocycles. The van der Waals surface area contributed by atoms with E-state index in [1.54, 1.807) is 0 Å².